The number of halogens is 1. The van der Waals surface area contributed by atoms with Crippen LogP contribution >= 0.6 is 15.9 Å². The Balaban J connectivity index is 2.17. The maximum atomic E-state index is 5.21. The molecule has 102 valence electrons. The third-order valence-corrected chi connectivity index (χ3v) is 3.62. The lowest BCUT2D eigenvalue weighted by Gasteiger charge is -2.08. The fraction of sp³-hybridized carbons (Fsp3) is 0.600. The second-order valence-electron chi connectivity index (χ2n) is 4.56. The normalized spacial score (nSPS) is 10.6. The predicted molar refractivity (Wildman–Crippen MR) is 81.2 cm³/mol. The summed E-state index contributed by atoms with van der Waals surface area (Å²) in [5.41, 5.74) is 1.29. The summed E-state index contributed by atoms with van der Waals surface area (Å²) < 4.78 is 6.23. The molecule has 1 aromatic rings. The molecule has 1 aromatic carbocycles. The van der Waals surface area contributed by atoms with Crippen molar-refractivity contribution in [2.75, 3.05) is 13.7 Å². The van der Waals surface area contributed by atoms with Crippen LogP contribution < -0.4 is 10.1 Å². The molecule has 0 saturated heterocycles. The summed E-state index contributed by atoms with van der Waals surface area (Å²) in [4.78, 5) is 0. The summed E-state index contributed by atoms with van der Waals surface area (Å²) in [6, 6.07) is 6.22. The zero-order valence-electron chi connectivity index (χ0n) is 11.5. The molecule has 0 aliphatic heterocycles. The minimum atomic E-state index is 0.887. The summed E-state index contributed by atoms with van der Waals surface area (Å²) in [6.07, 6.45) is 6.66. The smallest absolute Gasteiger partial charge is 0.133 e. The van der Waals surface area contributed by atoms with Gasteiger partial charge in [0.05, 0.1) is 11.6 Å². The fourth-order valence-corrected chi connectivity index (χ4v) is 2.49. The van der Waals surface area contributed by atoms with E-state index in [0.29, 0.717) is 0 Å². The number of rotatable bonds is 9. The average molecular weight is 314 g/mol. The zero-order valence-corrected chi connectivity index (χ0v) is 13.1. The first kappa shape index (κ1) is 15.5. The van der Waals surface area contributed by atoms with Crippen LogP contribution in [0.3, 0.4) is 0 Å². The molecule has 0 unspecified atom stereocenters. The van der Waals surface area contributed by atoms with E-state index in [4.69, 9.17) is 4.74 Å². The van der Waals surface area contributed by atoms with Crippen molar-refractivity contribution >= 4 is 15.9 Å². The largest absolute Gasteiger partial charge is 0.496 e. The molecule has 0 saturated carbocycles. The summed E-state index contributed by atoms with van der Waals surface area (Å²) in [5, 5.41) is 3.48. The van der Waals surface area contributed by atoms with Gasteiger partial charge in [0.2, 0.25) is 0 Å². The summed E-state index contributed by atoms with van der Waals surface area (Å²) in [7, 11) is 1.69. The highest BCUT2D eigenvalue weighted by Gasteiger charge is 2.00. The Hall–Kier alpha value is -0.540. The lowest BCUT2D eigenvalue weighted by Crippen LogP contribution is -2.14. The predicted octanol–water partition coefficient (Wildman–Crippen LogP) is 4.52. The van der Waals surface area contributed by atoms with Gasteiger partial charge < -0.3 is 10.1 Å². The van der Waals surface area contributed by atoms with Gasteiger partial charge in [-0.2, -0.15) is 0 Å². The van der Waals surface area contributed by atoms with Crippen LogP contribution in [0.4, 0.5) is 0 Å². The number of hydrogen-bond donors (Lipinski definition) is 1. The van der Waals surface area contributed by atoms with Crippen LogP contribution in [0.25, 0.3) is 0 Å². The number of ether oxygens (including phenoxy) is 1. The molecule has 18 heavy (non-hydrogen) atoms. The molecule has 0 aromatic heterocycles. The first-order valence-electron chi connectivity index (χ1n) is 6.81. The highest BCUT2D eigenvalue weighted by molar-refractivity contribution is 9.10. The molecule has 0 spiro atoms. The highest BCUT2D eigenvalue weighted by Crippen LogP contribution is 2.25. The first-order chi connectivity index (χ1) is 8.77. The molecule has 2 nitrogen and oxygen atoms in total. The Morgan fingerprint density at radius 2 is 1.94 bits per heavy atom. The van der Waals surface area contributed by atoms with Crippen LogP contribution in [-0.4, -0.2) is 13.7 Å². The highest BCUT2D eigenvalue weighted by atomic mass is 79.9. The minimum Gasteiger partial charge on any atom is -0.496 e. The molecule has 0 atom stereocenters. The van der Waals surface area contributed by atoms with E-state index in [0.717, 1.165) is 23.3 Å². The molecular weight excluding hydrogens is 290 g/mol. The summed E-state index contributed by atoms with van der Waals surface area (Å²) in [5.74, 6) is 0.887. The molecule has 3 heteroatoms. The van der Waals surface area contributed by atoms with Crippen molar-refractivity contribution in [2.24, 2.45) is 0 Å². The Morgan fingerprint density at radius 1 is 1.17 bits per heavy atom. The van der Waals surface area contributed by atoms with Crippen molar-refractivity contribution in [3.8, 4) is 5.75 Å². The van der Waals surface area contributed by atoms with Crippen LogP contribution in [-0.2, 0) is 6.54 Å². The maximum absolute atomic E-state index is 5.21. The van der Waals surface area contributed by atoms with Gasteiger partial charge in [0.25, 0.3) is 0 Å². The lowest BCUT2D eigenvalue weighted by atomic mass is 10.1. The SMILES string of the molecule is CCCCCCCNCc1ccc(OC)c(Br)c1. The molecule has 0 heterocycles. The second-order valence-corrected chi connectivity index (χ2v) is 5.41. The standard InChI is InChI=1S/C15H24BrNO/c1-3-4-5-6-7-10-17-12-13-8-9-15(18-2)14(16)11-13/h8-9,11,17H,3-7,10,12H2,1-2H3. The van der Waals surface area contributed by atoms with E-state index in [2.05, 4.69) is 40.3 Å². The van der Waals surface area contributed by atoms with Crippen molar-refractivity contribution < 1.29 is 4.74 Å². The van der Waals surface area contributed by atoms with Crippen molar-refractivity contribution in [1.82, 2.24) is 5.32 Å². The van der Waals surface area contributed by atoms with E-state index in [1.165, 1.54) is 37.7 Å². The fourth-order valence-electron chi connectivity index (χ4n) is 1.91. The molecule has 0 bridgehead atoms. The van der Waals surface area contributed by atoms with E-state index in [1.54, 1.807) is 7.11 Å². The monoisotopic (exact) mass is 313 g/mol. The van der Waals surface area contributed by atoms with Crippen molar-refractivity contribution in [2.45, 2.75) is 45.6 Å². The molecular formula is C15H24BrNO. The number of benzene rings is 1. The Kier molecular flexibility index (Phi) is 8.10. The molecule has 1 N–H and O–H groups in total. The van der Waals surface area contributed by atoms with Crippen LogP contribution in [0, 0.1) is 0 Å². The quantitative estimate of drug-likeness (QED) is 0.677. The molecule has 0 fully saturated rings. The third-order valence-electron chi connectivity index (χ3n) is 3.00. The third kappa shape index (κ3) is 5.87. The summed E-state index contributed by atoms with van der Waals surface area (Å²) >= 11 is 3.51. The van der Waals surface area contributed by atoms with E-state index >= 15 is 0 Å². The van der Waals surface area contributed by atoms with Gasteiger partial charge in [0.15, 0.2) is 0 Å². The molecule has 0 aliphatic carbocycles. The second kappa shape index (κ2) is 9.40. The zero-order chi connectivity index (χ0) is 13.2. The van der Waals surface area contributed by atoms with E-state index in [-0.39, 0.29) is 0 Å². The van der Waals surface area contributed by atoms with Crippen molar-refractivity contribution in [1.29, 1.82) is 0 Å². The summed E-state index contributed by atoms with van der Waals surface area (Å²) in [6.45, 7) is 4.28. The van der Waals surface area contributed by atoms with Crippen LogP contribution in [0.1, 0.15) is 44.6 Å². The molecule has 1 rings (SSSR count). The number of hydrogen-bond acceptors (Lipinski definition) is 2. The number of methoxy groups -OCH3 is 1. The number of nitrogens with one attached hydrogen (secondary N) is 1. The van der Waals surface area contributed by atoms with E-state index in [1.807, 2.05) is 6.07 Å². The maximum Gasteiger partial charge on any atom is 0.133 e. The molecule has 0 radical (unpaired) electrons. The van der Waals surface area contributed by atoms with E-state index in [9.17, 15) is 0 Å². The van der Waals surface area contributed by atoms with Gasteiger partial charge in [-0.3, -0.25) is 0 Å². The lowest BCUT2D eigenvalue weighted by molar-refractivity contribution is 0.412. The average Bonchev–Trinajstić information content (AvgIpc) is 2.38. The van der Waals surface area contributed by atoms with Gasteiger partial charge in [-0.05, 0) is 46.6 Å². The van der Waals surface area contributed by atoms with Gasteiger partial charge in [0, 0.05) is 6.54 Å². The van der Waals surface area contributed by atoms with Crippen LogP contribution in [0.2, 0.25) is 0 Å². The van der Waals surface area contributed by atoms with Gasteiger partial charge in [-0.15, -0.1) is 0 Å². The number of unbranched alkanes of at least 4 members (excludes halogenated alkanes) is 4. The topological polar surface area (TPSA) is 21.3 Å². The van der Waals surface area contributed by atoms with Crippen molar-refractivity contribution in [3.05, 3.63) is 28.2 Å². The minimum absolute atomic E-state index is 0.887. The first-order valence-corrected chi connectivity index (χ1v) is 7.60. The Bertz CT molecular complexity index is 341. The molecule has 0 aliphatic rings. The van der Waals surface area contributed by atoms with Gasteiger partial charge >= 0.3 is 0 Å². The molecule has 0 amide bonds. The van der Waals surface area contributed by atoms with E-state index < -0.39 is 0 Å². The van der Waals surface area contributed by atoms with Gasteiger partial charge in [0.1, 0.15) is 5.75 Å². The Labute approximate surface area is 119 Å². The van der Waals surface area contributed by atoms with Crippen molar-refractivity contribution in [3.63, 3.8) is 0 Å². The van der Waals surface area contributed by atoms with Gasteiger partial charge in [-0.1, -0.05) is 38.7 Å². The van der Waals surface area contributed by atoms with Gasteiger partial charge in [-0.25, -0.2) is 0 Å². The van der Waals surface area contributed by atoms with Crippen LogP contribution in [0.15, 0.2) is 22.7 Å². The van der Waals surface area contributed by atoms with Crippen LogP contribution in [0.5, 0.6) is 5.75 Å². The Morgan fingerprint density at radius 3 is 2.61 bits per heavy atom.